The molecule has 0 aliphatic rings. The Kier molecular flexibility index (Phi) is 13.1. The normalized spacial score (nSPS) is 8.00. The Hall–Kier alpha value is -0.890. The van der Waals surface area contributed by atoms with Crippen LogP contribution in [0.2, 0.25) is 0 Å². The molecule has 0 aromatic heterocycles. The molecule has 2 aromatic rings. The molecule has 0 spiro atoms. The van der Waals surface area contributed by atoms with Crippen molar-refractivity contribution in [3.8, 4) is 0 Å². The van der Waals surface area contributed by atoms with E-state index in [4.69, 9.17) is 4.79 Å². The fourth-order valence-electron chi connectivity index (χ4n) is 1.33. The van der Waals surface area contributed by atoms with Crippen LogP contribution in [0.1, 0.15) is 23.7 Å². The fourth-order valence-corrected chi connectivity index (χ4v) is 1.33. The van der Waals surface area contributed by atoms with Crippen LogP contribution in [0, 0.1) is 27.7 Å². The predicted octanol–water partition coefficient (Wildman–Crippen LogP) is 1.54. The molecular weight excluding hydrogens is 243 g/mol. The minimum absolute atomic E-state index is 0. The maximum atomic E-state index is 8.00. The summed E-state index contributed by atoms with van der Waals surface area (Å²) in [6.07, 6.45) is 0. The van der Waals surface area contributed by atoms with E-state index in [1.54, 1.807) is 0 Å². The number of hydrogen-bond donors (Lipinski definition) is 0. The molecule has 0 aliphatic carbocycles. The van der Waals surface area contributed by atoms with Gasteiger partial charge in [0.25, 0.3) is 0 Å². The SMILES string of the molecule is C=O.Cc1ccccc1C.Cc1ccccc1C.[H-].[Na+]. The van der Waals surface area contributed by atoms with Gasteiger partial charge in [0.15, 0.2) is 0 Å². The van der Waals surface area contributed by atoms with Crippen molar-refractivity contribution in [1.29, 1.82) is 0 Å². The Morgan fingerprint density at radius 1 is 0.632 bits per heavy atom. The third-order valence-electron chi connectivity index (χ3n) is 2.85. The molecule has 0 radical (unpaired) electrons. The zero-order valence-corrected chi connectivity index (χ0v) is 14.7. The second-order valence-corrected chi connectivity index (χ2v) is 4.17. The van der Waals surface area contributed by atoms with Crippen LogP contribution in [0.5, 0.6) is 0 Å². The first kappa shape index (κ1) is 20.4. The van der Waals surface area contributed by atoms with Gasteiger partial charge in [0.05, 0.1) is 0 Å². The third-order valence-corrected chi connectivity index (χ3v) is 2.85. The minimum atomic E-state index is 0. The number of benzene rings is 2. The number of carbonyl (C=O) groups excluding carboxylic acids is 1. The molecule has 19 heavy (non-hydrogen) atoms. The fraction of sp³-hybridized carbons (Fsp3) is 0.235. The summed E-state index contributed by atoms with van der Waals surface area (Å²) in [4.78, 5) is 8.00. The van der Waals surface area contributed by atoms with Crippen LogP contribution >= 0.6 is 0 Å². The summed E-state index contributed by atoms with van der Waals surface area (Å²) in [7, 11) is 0. The quantitative estimate of drug-likeness (QED) is 0.661. The van der Waals surface area contributed by atoms with E-state index in [1.807, 2.05) is 6.79 Å². The van der Waals surface area contributed by atoms with Crippen LogP contribution in [0.25, 0.3) is 0 Å². The minimum Gasteiger partial charge on any atom is -1.00 e. The second kappa shape index (κ2) is 12.2. The Bertz CT molecular complexity index is 387. The average Bonchev–Trinajstić information content (AvgIpc) is 2.40. The van der Waals surface area contributed by atoms with Crippen LogP contribution in [-0.2, 0) is 4.79 Å². The Morgan fingerprint density at radius 2 is 0.789 bits per heavy atom. The van der Waals surface area contributed by atoms with Crippen LogP contribution in [0.3, 0.4) is 0 Å². The largest absolute Gasteiger partial charge is 1.00 e. The summed E-state index contributed by atoms with van der Waals surface area (Å²) in [6, 6.07) is 16.7. The van der Waals surface area contributed by atoms with Crippen molar-refractivity contribution in [3.05, 3.63) is 70.8 Å². The molecule has 0 heterocycles. The van der Waals surface area contributed by atoms with E-state index in [0.29, 0.717) is 0 Å². The van der Waals surface area contributed by atoms with Crippen molar-refractivity contribution in [2.24, 2.45) is 0 Å². The molecule has 0 amide bonds. The first-order valence-electron chi connectivity index (χ1n) is 5.94. The molecule has 2 rings (SSSR count). The maximum absolute atomic E-state index is 8.00. The van der Waals surface area contributed by atoms with Gasteiger partial charge in [0.2, 0.25) is 0 Å². The average molecular weight is 266 g/mol. The van der Waals surface area contributed by atoms with Gasteiger partial charge in [-0.1, -0.05) is 48.5 Å². The van der Waals surface area contributed by atoms with Gasteiger partial charge in [-0.3, -0.25) is 0 Å². The van der Waals surface area contributed by atoms with Crippen LogP contribution in [0.15, 0.2) is 48.5 Å². The summed E-state index contributed by atoms with van der Waals surface area (Å²) in [6.45, 7) is 10.5. The molecule has 98 valence electrons. The summed E-state index contributed by atoms with van der Waals surface area (Å²) in [5.41, 5.74) is 5.47. The van der Waals surface area contributed by atoms with Gasteiger partial charge in [-0.2, -0.15) is 0 Å². The van der Waals surface area contributed by atoms with Crippen molar-refractivity contribution in [2.45, 2.75) is 27.7 Å². The number of aryl methyl sites for hydroxylation is 4. The van der Waals surface area contributed by atoms with Crippen molar-refractivity contribution in [2.75, 3.05) is 0 Å². The third kappa shape index (κ3) is 8.77. The molecule has 0 saturated carbocycles. The molecule has 0 fully saturated rings. The van der Waals surface area contributed by atoms with E-state index in [1.165, 1.54) is 22.3 Å². The van der Waals surface area contributed by atoms with Crippen molar-refractivity contribution >= 4 is 6.79 Å². The van der Waals surface area contributed by atoms with Gasteiger partial charge >= 0.3 is 29.6 Å². The van der Waals surface area contributed by atoms with E-state index in [2.05, 4.69) is 76.2 Å². The van der Waals surface area contributed by atoms with E-state index in [9.17, 15) is 0 Å². The van der Waals surface area contributed by atoms with E-state index in [-0.39, 0.29) is 31.0 Å². The molecule has 0 aliphatic heterocycles. The van der Waals surface area contributed by atoms with Gasteiger partial charge in [0, 0.05) is 0 Å². The summed E-state index contributed by atoms with van der Waals surface area (Å²) < 4.78 is 0. The zero-order chi connectivity index (χ0) is 14.0. The second-order valence-electron chi connectivity index (χ2n) is 4.17. The molecule has 2 heteroatoms. The van der Waals surface area contributed by atoms with Gasteiger partial charge in [-0.25, -0.2) is 0 Å². The standard InChI is InChI=1S/2C8H10.CH2O.Na.H/c2*1-7-5-3-4-6-8(7)2;1-2;;/h2*3-6H,1-2H3;1H2;;/q;;;+1;-1. The first-order valence-corrected chi connectivity index (χ1v) is 5.94. The van der Waals surface area contributed by atoms with Crippen LogP contribution in [0.4, 0.5) is 0 Å². The van der Waals surface area contributed by atoms with Gasteiger partial charge < -0.3 is 6.22 Å². The summed E-state index contributed by atoms with van der Waals surface area (Å²) in [5, 5.41) is 0. The summed E-state index contributed by atoms with van der Waals surface area (Å²) in [5.74, 6) is 0. The molecular formula is C17H23NaO. The first-order chi connectivity index (χ1) is 8.61. The van der Waals surface area contributed by atoms with E-state index >= 15 is 0 Å². The Balaban J connectivity index is -0.000000236. The Morgan fingerprint density at radius 3 is 0.895 bits per heavy atom. The van der Waals surface area contributed by atoms with Crippen LogP contribution in [-0.4, -0.2) is 6.79 Å². The number of hydrogen-bond acceptors (Lipinski definition) is 1. The molecule has 1 nitrogen and oxygen atoms in total. The smallest absolute Gasteiger partial charge is 1.00 e. The Labute approximate surface area is 140 Å². The molecule has 0 unspecified atom stereocenters. The van der Waals surface area contributed by atoms with Gasteiger partial charge in [0.1, 0.15) is 6.79 Å². The maximum Gasteiger partial charge on any atom is 1.00 e. The van der Waals surface area contributed by atoms with Crippen molar-refractivity contribution in [1.82, 2.24) is 0 Å². The van der Waals surface area contributed by atoms with Crippen LogP contribution < -0.4 is 29.6 Å². The van der Waals surface area contributed by atoms with E-state index < -0.39 is 0 Å². The number of carbonyl (C=O) groups is 1. The molecule has 2 aromatic carbocycles. The van der Waals surface area contributed by atoms with Gasteiger partial charge in [-0.15, -0.1) is 0 Å². The van der Waals surface area contributed by atoms with Gasteiger partial charge in [-0.05, 0) is 49.9 Å². The summed E-state index contributed by atoms with van der Waals surface area (Å²) >= 11 is 0. The van der Waals surface area contributed by atoms with Crippen molar-refractivity contribution < 1.29 is 35.8 Å². The van der Waals surface area contributed by atoms with E-state index in [0.717, 1.165) is 0 Å². The topological polar surface area (TPSA) is 17.1 Å². The van der Waals surface area contributed by atoms with Crippen molar-refractivity contribution in [3.63, 3.8) is 0 Å². The molecule has 0 bridgehead atoms. The molecule has 0 atom stereocenters. The molecule has 0 saturated heterocycles. The number of rotatable bonds is 0. The molecule has 0 N–H and O–H groups in total. The zero-order valence-electron chi connectivity index (χ0n) is 13.7. The monoisotopic (exact) mass is 266 g/mol. The predicted molar refractivity (Wildman–Crippen MR) is 80.1 cm³/mol.